The molecule has 0 radical (unpaired) electrons. The number of rotatable bonds is 2. The van der Waals surface area contributed by atoms with E-state index in [0.29, 0.717) is 5.92 Å². The first-order valence-corrected chi connectivity index (χ1v) is 6.28. The normalized spacial score (nSPS) is 17.6. The lowest BCUT2D eigenvalue weighted by molar-refractivity contribution is 0.148. The highest BCUT2D eigenvalue weighted by Crippen LogP contribution is 2.42. The molecule has 1 heterocycles. The zero-order chi connectivity index (χ0) is 11.1. The van der Waals surface area contributed by atoms with Crippen molar-refractivity contribution in [3.8, 4) is 0 Å². The van der Waals surface area contributed by atoms with Crippen LogP contribution in [0.1, 0.15) is 24.6 Å². The summed E-state index contributed by atoms with van der Waals surface area (Å²) in [5, 5.41) is 11.2. The van der Waals surface area contributed by atoms with Gasteiger partial charge in [-0.1, -0.05) is 18.2 Å². The number of halogens is 1. The van der Waals surface area contributed by atoms with E-state index in [1.165, 1.54) is 0 Å². The van der Waals surface area contributed by atoms with E-state index >= 15 is 0 Å². The summed E-state index contributed by atoms with van der Waals surface area (Å²) in [5.41, 5.74) is 1.72. The Labute approximate surface area is 102 Å². The van der Waals surface area contributed by atoms with Crippen molar-refractivity contribution in [1.29, 1.82) is 0 Å². The maximum absolute atomic E-state index is 10.1. The fourth-order valence-corrected chi connectivity index (χ4v) is 2.52. The molecular weight excluding hydrogens is 266 g/mol. The highest BCUT2D eigenvalue weighted by atomic mass is 79.9. The topological polar surface area (TPSA) is 33.1 Å². The van der Waals surface area contributed by atoms with Gasteiger partial charge in [-0.25, -0.2) is 4.98 Å². The van der Waals surface area contributed by atoms with Crippen molar-refractivity contribution in [2.24, 2.45) is 5.92 Å². The smallest absolute Gasteiger partial charge is 0.0999 e. The van der Waals surface area contributed by atoms with Gasteiger partial charge in [-0.3, -0.25) is 0 Å². The van der Waals surface area contributed by atoms with E-state index in [1.54, 1.807) is 0 Å². The minimum absolute atomic E-state index is 0.407. The third kappa shape index (κ3) is 1.74. The molecule has 0 bridgehead atoms. The second-order valence-electron chi connectivity index (χ2n) is 4.33. The quantitative estimate of drug-likeness (QED) is 0.912. The molecule has 3 rings (SSSR count). The zero-order valence-corrected chi connectivity index (χ0v) is 10.3. The van der Waals surface area contributed by atoms with E-state index in [0.717, 1.165) is 33.9 Å². The first-order valence-electron chi connectivity index (χ1n) is 5.49. The van der Waals surface area contributed by atoms with Gasteiger partial charge in [-0.15, -0.1) is 0 Å². The molecule has 1 fully saturated rings. The Morgan fingerprint density at radius 2 is 2.06 bits per heavy atom. The van der Waals surface area contributed by atoms with Crippen LogP contribution in [0, 0.1) is 5.92 Å². The predicted octanol–water partition coefficient (Wildman–Crippen LogP) is 3.44. The van der Waals surface area contributed by atoms with Gasteiger partial charge >= 0.3 is 0 Å². The molecule has 1 N–H and O–H groups in total. The Kier molecular flexibility index (Phi) is 2.45. The fourth-order valence-electron chi connectivity index (χ4n) is 1.95. The van der Waals surface area contributed by atoms with Crippen LogP contribution in [0.25, 0.3) is 10.9 Å². The van der Waals surface area contributed by atoms with Crippen LogP contribution in [0.2, 0.25) is 0 Å². The van der Waals surface area contributed by atoms with Gasteiger partial charge in [0.05, 0.1) is 17.3 Å². The molecule has 2 aromatic rings. The Bertz CT molecular complexity index is 536. The van der Waals surface area contributed by atoms with Crippen molar-refractivity contribution in [2.75, 3.05) is 0 Å². The summed E-state index contributed by atoms with van der Waals surface area (Å²) in [7, 11) is 0. The van der Waals surface area contributed by atoms with Crippen molar-refractivity contribution in [3.05, 3.63) is 40.5 Å². The molecule has 1 aliphatic carbocycles. The summed E-state index contributed by atoms with van der Waals surface area (Å²) < 4.78 is 0.908. The van der Waals surface area contributed by atoms with Gasteiger partial charge in [-0.2, -0.15) is 0 Å². The van der Waals surface area contributed by atoms with Gasteiger partial charge in [0, 0.05) is 9.86 Å². The highest BCUT2D eigenvalue weighted by Gasteiger charge is 2.32. The van der Waals surface area contributed by atoms with Crippen LogP contribution >= 0.6 is 15.9 Å². The fraction of sp³-hybridized carbons (Fsp3) is 0.308. The number of aromatic nitrogens is 1. The monoisotopic (exact) mass is 277 g/mol. The summed E-state index contributed by atoms with van der Waals surface area (Å²) in [5.74, 6) is 0.407. The lowest BCUT2D eigenvalue weighted by Crippen LogP contribution is -2.03. The van der Waals surface area contributed by atoms with E-state index in [4.69, 9.17) is 0 Å². The van der Waals surface area contributed by atoms with Gasteiger partial charge in [0.15, 0.2) is 0 Å². The number of pyridine rings is 1. The van der Waals surface area contributed by atoms with Gasteiger partial charge in [-0.05, 0) is 46.8 Å². The summed E-state index contributed by atoms with van der Waals surface area (Å²) in [6.07, 6.45) is 1.81. The standard InChI is InChI=1S/C13H12BrNO/c14-10-7-9-3-1-2-4-11(9)15-12(10)13(16)8-5-6-8/h1-4,7-8,13,16H,5-6H2. The van der Waals surface area contributed by atoms with Gasteiger partial charge in [0.2, 0.25) is 0 Å². The summed E-state index contributed by atoms with van der Waals surface area (Å²) in [6, 6.07) is 10.00. The third-order valence-corrected chi connectivity index (χ3v) is 3.69. The van der Waals surface area contributed by atoms with Crippen molar-refractivity contribution in [2.45, 2.75) is 18.9 Å². The van der Waals surface area contributed by atoms with Crippen molar-refractivity contribution in [3.63, 3.8) is 0 Å². The van der Waals surface area contributed by atoms with Gasteiger partial charge < -0.3 is 5.11 Å². The number of fused-ring (bicyclic) bond motifs is 1. The first-order chi connectivity index (χ1) is 7.75. The van der Waals surface area contributed by atoms with Crippen molar-refractivity contribution in [1.82, 2.24) is 4.98 Å². The molecule has 16 heavy (non-hydrogen) atoms. The predicted molar refractivity (Wildman–Crippen MR) is 67.1 cm³/mol. The third-order valence-electron chi connectivity index (χ3n) is 3.05. The van der Waals surface area contributed by atoms with Crippen LogP contribution in [0.3, 0.4) is 0 Å². The van der Waals surface area contributed by atoms with E-state index in [2.05, 4.69) is 20.9 Å². The summed E-state index contributed by atoms with van der Waals surface area (Å²) in [6.45, 7) is 0. The Morgan fingerprint density at radius 3 is 2.81 bits per heavy atom. The molecule has 3 heteroatoms. The average molecular weight is 278 g/mol. The van der Waals surface area contributed by atoms with Crippen LogP contribution in [-0.2, 0) is 0 Å². The van der Waals surface area contributed by atoms with Gasteiger partial charge in [0.25, 0.3) is 0 Å². The van der Waals surface area contributed by atoms with Crippen LogP contribution < -0.4 is 0 Å². The van der Waals surface area contributed by atoms with Crippen LogP contribution in [0.15, 0.2) is 34.8 Å². The maximum atomic E-state index is 10.1. The number of hydrogen-bond donors (Lipinski definition) is 1. The van der Waals surface area contributed by atoms with Gasteiger partial charge in [0.1, 0.15) is 0 Å². The number of hydrogen-bond acceptors (Lipinski definition) is 2. The van der Waals surface area contributed by atoms with Crippen molar-refractivity contribution >= 4 is 26.8 Å². The van der Waals surface area contributed by atoms with E-state index in [-0.39, 0.29) is 0 Å². The van der Waals surface area contributed by atoms with E-state index in [1.807, 2.05) is 30.3 Å². The average Bonchev–Trinajstić information content (AvgIpc) is 3.11. The van der Waals surface area contributed by atoms with Crippen LogP contribution in [0.4, 0.5) is 0 Å². The Balaban J connectivity index is 2.13. The number of para-hydroxylation sites is 1. The van der Waals surface area contributed by atoms with E-state index < -0.39 is 6.10 Å². The Hall–Kier alpha value is -0.930. The highest BCUT2D eigenvalue weighted by molar-refractivity contribution is 9.10. The molecule has 1 atom stereocenters. The van der Waals surface area contributed by atoms with E-state index in [9.17, 15) is 5.11 Å². The van der Waals surface area contributed by atoms with Crippen molar-refractivity contribution < 1.29 is 5.11 Å². The Morgan fingerprint density at radius 1 is 1.31 bits per heavy atom. The number of aliphatic hydroxyl groups is 1. The molecule has 82 valence electrons. The number of aliphatic hydroxyl groups excluding tert-OH is 1. The number of benzene rings is 1. The molecule has 0 amide bonds. The molecular formula is C13H12BrNO. The minimum Gasteiger partial charge on any atom is -0.386 e. The molecule has 1 aliphatic rings. The molecule has 0 saturated heterocycles. The second-order valence-corrected chi connectivity index (χ2v) is 5.18. The molecule has 1 saturated carbocycles. The summed E-state index contributed by atoms with van der Waals surface area (Å²) in [4.78, 5) is 4.54. The lowest BCUT2D eigenvalue weighted by atomic mass is 10.1. The molecule has 1 aromatic heterocycles. The zero-order valence-electron chi connectivity index (χ0n) is 8.73. The number of nitrogens with zero attached hydrogens (tertiary/aromatic N) is 1. The SMILES string of the molecule is OC(c1nc2ccccc2cc1Br)C1CC1. The molecule has 1 unspecified atom stereocenters. The second kappa shape index (κ2) is 3.82. The molecule has 2 nitrogen and oxygen atoms in total. The lowest BCUT2D eigenvalue weighted by Gasteiger charge is -2.11. The minimum atomic E-state index is -0.418. The first kappa shape index (κ1) is 10.2. The summed E-state index contributed by atoms with van der Waals surface area (Å²) >= 11 is 3.49. The largest absolute Gasteiger partial charge is 0.386 e. The molecule has 1 aromatic carbocycles. The molecule has 0 aliphatic heterocycles. The van der Waals surface area contributed by atoms with Crippen LogP contribution in [0.5, 0.6) is 0 Å². The van der Waals surface area contributed by atoms with Crippen LogP contribution in [-0.4, -0.2) is 10.1 Å². The molecule has 0 spiro atoms. The maximum Gasteiger partial charge on any atom is 0.0999 e.